The molecule has 1 unspecified atom stereocenters. The third-order valence-electron chi connectivity index (χ3n) is 6.30. The highest BCUT2D eigenvalue weighted by atomic mass is 19.4. The van der Waals surface area contributed by atoms with Crippen LogP contribution in [0.2, 0.25) is 0 Å². The van der Waals surface area contributed by atoms with E-state index in [9.17, 15) is 31.9 Å². The van der Waals surface area contributed by atoms with E-state index in [0.717, 1.165) is 12.1 Å². The van der Waals surface area contributed by atoms with Gasteiger partial charge in [0, 0.05) is 50.3 Å². The van der Waals surface area contributed by atoms with Crippen molar-refractivity contribution in [2.75, 3.05) is 32.2 Å². The zero-order valence-corrected chi connectivity index (χ0v) is 22.5. The summed E-state index contributed by atoms with van der Waals surface area (Å²) in [6.07, 6.45) is -2.98. The summed E-state index contributed by atoms with van der Waals surface area (Å²) in [6, 6.07) is 11.0. The van der Waals surface area contributed by atoms with Crippen LogP contribution in [0.5, 0.6) is 11.5 Å². The Bertz CT molecular complexity index is 1440. The van der Waals surface area contributed by atoms with Gasteiger partial charge in [0.05, 0.1) is 13.7 Å². The maximum atomic E-state index is 14.4. The Balaban J connectivity index is 0.000000263. The molecule has 1 aliphatic rings. The molecule has 0 radical (unpaired) electrons. The second-order valence-corrected chi connectivity index (χ2v) is 9.01. The first kappa shape index (κ1) is 31.1. The number of anilines is 1. The van der Waals surface area contributed by atoms with E-state index in [0.29, 0.717) is 22.6 Å². The molecule has 2 amide bonds. The molecule has 4 rings (SSSR count). The number of aryl methyl sites for hydroxylation is 1. The topological polar surface area (TPSA) is 110 Å². The van der Waals surface area contributed by atoms with E-state index in [2.05, 4.69) is 10.1 Å². The summed E-state index contributed by atoms with van der Waals surface area (Å²) in [6.45, 7) is 1.98. The largest absolute Gasteiger partial charge is 0.573 e. The molecule has 0 aliphatic carbocycles. The molecular formula is C28H29F4N3O6. The van der Waals surface area contributed by atoms with Crippen LogP contribution < -0.4 is 25.2 Å². The van der Waals surface area contributed by atoms with Crippen molar-refractivity contribution in [3.8, 4) is 11.5 Å². The highest BCUT2D eigenvalue weighted by Crippen LogP contribution is 2.34. The fourth-order valence-electron chi connectivity index (χ4n) is 4.32. The van der Waals surface area contributed by atoms with Gasteiger partial charge in [-0.05, 0) is 54.4 Å². The molecule has 0 bridgehead atoms. The van der Waals surface area contributed by atoms with E-state index >= 15 is 0 Å². The van der Waals surface area contributed by atoms with Gasteiger partial charge in [-0.1, -0.05) is 6.07 Å². The molecule has 2 N–H and O–H groups in total. The Morgan fingerprint density at radius 1 is 1.10 bits per heavy atom. The normalized spacial score (nSPS) is 14.8. The first-order chi connectivity index (χ1) is 19.4. The van der Waals surface area contributed by atoms with Gasteiger partial charge in [0.1, 0.15) is 23.0 Å². The number of aliphatic hydroxyl groups is 1. The van der Waals surface area contributed by atoms with Gasteiger partial charge in [0.2, 0.25) is 5.91 Å². The molecule has 1 aromatic heterocycles. The number of pyridine rings is 1. The SMILES string of the molecule is CNC(=O)c1ccc(OC(F)(F)F)cc1.COc1ccc(C2CC(=O)N(c3c(C)ccn(CCO)c3=O)C2)c(F)c1. The Morgan fingerprint density at radius 3 is 2.32 bits per heavy atom. The summed E-state index contributed by atoms with van der Waals surface area (Å²) in [5.41, 5.74) is 1.34. The molecular weight excluding hydrogens is 550 g/mol. The number of nitrogens with zero attached hydrogens (tertiary/aromatic N) is 2. The number of carbonyl (C=O) groups excluding carboxylic acids is 2. The number of nitrogens with one attached hydrogen (secondary N) is 1. The number of carbonyl (C=O) groups is 2. The van der Waals surface area contributed by atoms with Crippen LogP contribution in [0.15, 0.2) is 59.5 Å². The number of alkyl halides is 3. The Hall–Kier alpha value is -4.39. The van der Waals surface area contributed by atoms with Crippen LogP contribution in [-0.2, 0) is 11.3 Å². The number of amides is 2. The number of benzene rings is 2. The van der Waals surface area contributed by atoms with Gasteiger partial charge < -0.3 is 29.4 Å². The summed E-state index contributed by atoms with van der Waals surface area (Å²) in [7, 11) is 2.90. The lowest BCUT2D eigenvalue weighted by Gasteiger charge is -2.20. The minimum atomic E-state index is -4.71. The van der Waals surface area contributed by atoms with Gasteiger partial charge in [-0.15, -0.1) is 13.2 Å². The molecule has 3 aromatic rings. The number of aromatic nitrogens is 1. The molecule has 0 spiro atoms. The second-order valence-electron chi connectivity index (χ2n) is 9.01. The summed E-state index contributed by atoms with van der Waals surface area (Å²) >= 11 is 0. The van der Waals surface area contributed by atoms with Crippen LogP contribution in [0, 0.1) is 12.7 Å². The maximum absolute atomic E-state index is 14.4. The Kier molecular flexibility index (Phi) is 10.1. The van der Waals surface area contributed by atoms with Crippen molar-refractivity contribution in [2.45, 2.75) is 32.2 Å². The van der Waals surface area contributed by atoms with Gasteiger partial charge in [0.25, 0.3) is 11.5 Å². The zero-order chi connectivity index (χ0) is 30.3. The van der Waals surface area contributed by atoms with E-state index in [4.69, 9.17) is 9.84 Å². The lowest BCUT2D eigenvalue weighted by Crippen LogP contribution is -2.34. The summed E-state index contributed by atoms with van der Waals surface area (Å²) in [4.78, 5) is 37.7. The first-order valence-corrected chi connectivity index (χ1v) is 12.4. The highest BCUT2D eigenvalue weighted by Gasteiger charge is 2.35. The number of rotatable bonds is 7. The van der Waals surface area contributed by atoms with E-state index in [1.807, 2.05) is 0 Å². The molecule has 2 heterocycles. The number of hydrogen-bond donors (Lipinski definition) is 2. The van der Waals surface area contributed by atoms with Gasteiger partial charge in [-0.25, -0.2) is 4.39 Å². The van der Waals surface area contributed by atoms with E-state index < -0.39 is 12.2 Å². The zero-order valence-electron chi connectivity index (χ0n) is 22.5. The number of aliphatic hydroxyl groups excluding tert-OH is 1. The Labute approximate surface area is 232 Å². The van der Waals surface area contributed by atoms with Crippen molar-refractivity contribution in [3.63, 3.8) is 0 Å². The number of ether oxygens (including phenoxy) is 2. The fraction of sp³-hybridized carbons (Fsp3) is 0.321. The molecule has 1 fully saturated rings. The van der Waals surface area contributed by atoms with Crippen molar-refractivity contribution in [2.24, 2.45) is 0 Å². The summed E-state index contributed by atoms with van der Waals surface area (Å²) < 4.78 is 59.7. The minimum Gasteiger partial charge on any atom is -0.497 e. The first-order valence-electron chi connectivity index (χ1n) is 12.4. The highest BCUT2D eigenvalue weighted by molar-refractivity contribution is 5.97. The molecule has 1 atom stereocenters. The van der Waals surface area contributed by atoms with Crippen LogP contribution in [-0.4, -0.2) is 55.2 Å². The van der Waals surface area contributed by atoms with E-state index in [1.54, 1.807) is 31.3 Å². The molecule has 1 saturated heterocycles. The average molecular weight is 580 g/mol. The smallest absolute Gasteiger partial charge is 0.497 e. The van der Waals surface area contributed by atoms with Gasteiger partial charge >= 0.3 is 6.36 Å². The molecule has 9 nitrogen and oxygen atoms in total. The van der Waals surface area contributed by atoms with Crippen molar-refractivity contribution in [3.05, 3.63) is 87.6 Å². The predicted molar refractivity (Wildman–Crippen MR) is 142 cm³/mol. The van der Waals surface area contributed by atoms with E-state index in [1.165, 1.54) is 41.8 Å². The van der Waals surface area contributed by atoms with Crippen LogP contribution in [0.3, 0.4) is 0 Å². The fourth-order valence-corrected chi connectivity index (χ4v) is 4.32. The number of methoxy groups -OCH3 is 1. The van der Waals surface area contributed by atoms with Crippen LogP contribution >= 0.6 is 0 Å². The third-order valence-corrected chi connectivity index (χ3v) is 6.30. The average Bonchev–Trinajstić information content (AvgIpc) is 3.30. The molecule has 2 aromatic carbocycles. The number of hydrogen-bond acceptors (Lipinski definition) is 6. The van der Waals surface area contributed by atoms with Gasteiger partial charge in [-0.2, -0.15) is 0 Å². The van der Waals surface area contributed by atoms with Crippen molar-refractivity contribution in [1.82, 2.24) is 9.88 Å². The predicted octanol–water partition coefficient (Wildman–Crippen LogP) is 3.76. The molecule has 1 aliphatic heterocycles. The summed E-state index contributed by atoms with van der Waals surface area (Å²) in [5, 5.41) is 11.4. The van der Waals surface area contributed by atoms with Crippen LogP contribution in [0.1, 0.15) is 33.8 Å². The Morgan fingerprint density at radius 2 is 1.76 bits per heavy atom. The van der Waals surface area contributed by atoms with Crippen molar-refractivity contribution < 1.29 is 41.7 Å². The minimum absolute atomic E-state index is 0.136. The lowest BCUT2D eigenvalue weighted by molar-refractivity contribution is -0.274. The maximum Gasteiger partial charge on any atom is 0.573 e. The molecule has 220 valence electrons. The number of halogens is 4. The van der Waals surface area contributed by atoms with Crippen LogP contribution in [0.25, 0.3) is 0 Å². The quantitative estimate of drug-likeness (QED) is 0.413. The monoisotopic (exact) mass is 579 g/mol. The third kappa shape index (κ3) is 7.84. The molecule has 13 heteroatoms. The lowest BCUT2D eigenvalue weighted by atomic mass is 9.97. The van der Waals surface area contributed by atoms with Crippen molar-refractivity contribution in [1.29, 1.82) is 0 Å². The van der Waals surface area contributed by atoms with Gasteiger partial charge in [-0.3, -0.25) is 14.4 Å². The standard InChI is InChI=1S/C19H21FN2O4.C9H8F3NO2/c1-12-5-6-21(7-8-23)19(25)18(12)22-11-13(9-17(22)24)15-4-3-14(26-2)10-16(15)20;1-13-8(14)6-2-4-7(5-3-6)15-9(10,11)12/h3-6,10,13,23H,7-9,11H2,1-2H3;2-5H,1H3,(H,13,14). The van der Waals surface area contributed by atoms with Gasteiger partial charge in [0.15, 0.2) is 0 Å². The second kappa shape index (κ2) is 13.3. The summed E-state index contributed by atoms with van der Waals surface area (Å²) in [5.74, 6) is -1.28. The molecule has 41 heavy (non-hydrogen) atoms. The molecule has 0 saturated carbocycles. The van der Waals surface area contributed by atoms with E-state index in [-0.39, 0.29) is 60.7 Å². The van der Waals surface area contributed by atoms with Crippen molar-refractivity contribution >= 4 is 17.5 Å². The van der Waals surface area contributed by atoms with Crippen LogP contribution in [0.4, 0.5) is 23.2 Å².